The molecule has 0 bridgehead atoms. The number of ether oxygens (including phenoxy) is 1. The number of pyridine rings is 1. The van der Waals surface area contributed by atoms with Crippen LogP contribution in [0.25, 0.3) is 11.3 Å². The van der Waals surface area contributed by atoms with Crippen molar-refractivity contribution in [2.75, 3.05) is 0 Å². The highest BCUT2D eigenvalue weighted by Gasteiger charge is 2.15. The van der Waals surface area contributed by atoms with Gasteiger partial charge in [0.05, 0.1) is 5.69 Å². The fourth-order valence-corrected chi connectivity index (χ4v) is 2.43. The van der Waals surface area contributed by atoms with Crippen LogP contribution in [0, 0.1) is 6.92 Å². The van der Waals surface area contributed by atoms with Crippen LogP contribution in [0.3, 0.4) is 0 Å². The molecule has 6 heteroatoms. The number of aryl methyl sites for hydroxylation is 2. The Morgan fingerprint density at radius 1 is 1.25 bits per heavy atom. The quantitative estimate of drug-likeness (QED) is 0.781. The lowest BCUT2D eigenvalue weighted by Crippen LogP contribution is -2.00. The van der Waals surface area contributed by atoms with Crippen LogP contribution < -0.4 is 4.74 Å². The Hall–Kier alpha value is -3.15. The molecule has 0 amide bonds. The summed E-state index contributed by atoms with van der Waals surface area (Å²) in [7, 11) is 1.71. The Kier molecular flexibility index (Phi) is 4.29. The number of benzene rings is 1. The van der Waals surface area contributed by atoms with Crippen molar-refractivity contribution >= 4 is 5.97 Å². The molecule has 1 N–H and O–H groups in total. The molecule has 0 aliphatic carbocycles. The van der Waals surface area contributed by atoms with E-state index in [2.05, 4.69) is 10.1 Å². The fraction of sp³-hybridized carbons (Fsp3) is 0.167. The number of aromatic nitrogens is 3. The van der Waals surface area contributed by atoms with Crippen LogP contribution in [-0.2, 0) is 13.7 Å². The first-order valence-electron chi connectivity index (χ1n) is 7.45. The molecule has 0 atom stereocenters. The van der Waals surface area contributed by atoms with E-state index in [1.54, 1.807) is 13.2 Å². The highest BCUT2D eigenvalue weighted by atomic mass is 16.5. The number of nitrogens with zero attached hydrogens (tertiary/aromatic N) is 3. The minimum atomic E-state index is -1.05. The zero-order valence-corrected chi connectivity index (χ0v) is 13.4. The van der Waals surface area contributed by atoms with Crippen molar-refractivity contribution in [2.24, 2.45) is 7.05 Å². The molecule has 3 aromatic rings. The molecule has 3 rings (SSSR count). The number of carboxylic acid groups (broad SMARTS) is 1. The Bertz CT molecular complexity index is 872. The van der Waals surface area contributed by atoms with Crippen LogP contribution in [0.1, 0.15) is 21.6 Å². The maximum atomic E-state index is 11.0. The van der Waals surface area contributed by atoms with E-state index in [0.29, 0.717) is 18.2 Å². The molecular weight excluding hydrogens is 306 g/mol. The van der Waals surface area contributed by atoms with E-state index < -0.39 is 5.97 Å². The monoisotopic (exact) mass is 323 g/mol. The molecule has 0 unspecified atom stereocenters. The summed E-state index contributed by atoms with van der Waals surface area (Å²) >= 11 is 0. The van der Waals surface area contributed by atoms with E-state index in [1.165, 1.54) is 10.7 Å². The van der Waals surface area contributed by atoms with Gasteiger partial charge in [0, 0.05) is 24.9 Å². The predicted molar refractivity (Wildman–Crippen MR) is 88.9 cm³/mol. The van der Waals surface area contributed by atoms with Gasteiger partial charge in [-0.2, -0.15) is 5.10 Å². The maximum absolute atomic E-state index is 11.0. The Morgan fingerprint density at radius 2 is 2.00 bits per heavy atom. The highest BCUT2D eigenvalue weighted by molar-refractivity contribution is 5.87. The molecule has 0 radical (unpaired) electrons. The molecule has 24 heavy (non-hydrogen) atoms. The molecule has 0 fully saturated rings. The zero-order chi connectivity index (χ0) is 17.1. The van der Waals surface area contributed by atoms with Crippen LogP contribution in [0.2, 0.25) is 0 Å². The first kappa shape index (κ1) is 15.7. The third-order valence-corrected chi connectivity index (χ3v) is 3.69. The predicted octanol–water partition coefficient (Wildman–Crippen LogP) is 3.07. The van der Waals surface area contributed by atoms with Gasteiger partial charge < -0.3 is 9.84 Å². The van der Waals surface area contributed by atoms with Gasteiger partial charge in [-0.15, -0.1) is 0 Å². The summed E-state index contributed by atoms with van der Waals surface area (Å²) in [6.45, 7) is 2.38. The number of carboxylic acids is 1. The summed E-state index contributed by atoms with van der Waals surface area (Å²) in [5.74, 6) is -0.522. The average Bonchev–Trinajstić information content (AvgIpc) is 2.96. The van der Waals surface area contributed by atoms with Crippen molar-refractivity contribution in [2.45, 2.75) is 13.5 Å². The summed E-state index contributed by atoms with van der Waals surface area (Å²) in [6.07, 6.45) is 1.68. The van der Waals surface area contributed by atoms with E-state index in [9.17, 15) is 4.79 Å². The lowest BCUT2D eigenvalue weighted by Gasteiger charge is -2.09. The maximum Gasteiger partial charge on any atom is 0.356 e. The molecule has 6 nitrogen and oxygen atoms in total. The first-order chi connectivity index (χ1) is 11.5. The minimum Gasteiger partial charge on any atom is -0.476 e. The van der Waals surface area contributed by atoms with Gasteiger partial charge in [0.15, 0.2) is 5.69 Å². The minimum absolute atomic E-state index is 0.0105. The van der Waals surface area contributed by atoms with Gasteiger partial charge in [-0.25, -0.2) is 9.78 Å². The lowest BCUT2D eigenvalue weighted by molar-refractivity contribution is 0.0689. The molecule has 2 heterocycles. The Morgan fingerprint density at radius 3 is 2.62 bits per heavy atom. The topological polar surface area (TPSA) is 77.2 Å². The third-order valence-electron chi connectivity index (χ3n) is 3.69. The largest absolute Gasteiger partial charge is 0.476 e. The number of carbonyl (C=O) groups is 1. The first-order valence-corrected chi connectivity index (χ1v) is 7.45. The van der Waals surface area contributed by atoms with Gasteiger partial charge in [0.25, 0.3) is 0 Å². The van der Waals surface area contributed by atoms with Crippen molar-refractivity contribution in [1.29, 1.82) is 0 Å². The van der Waals surface area contributed by atoms with Crippen LogP contribution in [0.4, 0.5) is 0 Å². The molecule has 0 spiro atoms. The number of hydrogen-bond donors (Lipinski definition) is 1. The molecule has 1 aromatic carbocycles. The van der Waals surface area contributed by atoms with Gasteiger partial charge in [-0.3, -0.25) is 4.68 Å². The average molecular weight is 323 g/mol. The van der Waals surface area contributed by atoms with E-state index in [1.807, 2.05) is 43.3 Å². The second kappa shape index (κ2) is 6.54. The van der Waals surface area contributed by atoms with E-state index in [0.717, 1.165) is 16.7 Å². The molecule has 0 aliphatic rings. The Balaban J connectivity index is 1.81. The van der Waals surface area contributed by atoms with Crippen molar-refractivity contribution in [3.63, 3.8) is 0 Å². The summed E-state index contributed by atoms with van der Waals surface area (Å²) in [5.41, 5.74) is 3.54. The second-order valence-electron chi connectivity index (χ2n) is 5.46. The smallest absolute Gasteiger partial charge is 0.356 e. The summed E-state index contributed by atoms with van der Waals surface area (Å²) < 4.78 is 7.25. The van der Waals surface area contributed by atoms with Gasteiger partial charge in [0.2, 0.25) is 5.88 Å². The van der Waals surface area contributed by atoms with Gasteiger partial charge >= 0.3 is 5.97 Å². The summed E-state index contributed by atoms with van der Waals surface area (Å²) in [5, 5.41) is 13.0. The molecule has 122 valence electrons. The molecule has 0 saturated heterocycles. The van der Waals surface area contributed by atoms with Gasteiger partial charge in [-0.1, -0.05) is 30.3 Å². The van der Waals surface area contributed by atoms with Crippen LogP contribution in [-0.4, -0.2) is 25.8 Å². The van der Waals surface area contributed by atoms with Crippen LogP contribution in [0.5, 0.6) is 5.88 Å². The van der Waals surface area contributed by atoms with E-state index in [4.69, 9.17) is 9.84 Å². The molecule has 2 aromatic heterocycles. The van der Waals surface area contributed by atoms with Gasteiger partial charge in [0.1, 0.15) is 6.61 Å². The summed E-state index contributed by atoms with van der Waals surface area (Å²) in [6, 6.07) is 13.2. The molecule has 0 saturated carbocycles. The second-order valence-corrected chi connectivity index (χ2v) is 5.46. The fourth-order valence-electron chi connectivity index (χ4n) is 2.43. The van der Waals surface area contributed by atoms with Crippen molar-refractivity contribution in [3.05, 3.63) is 65.5 Å². The van der Waals surface area contributed by atoms with E-state index >= 15 is 0 Å². The number of rotatable bonds is 5. The number of aromatic carboxylic acids is 1. The Labute approximate surface area is 139 Å². The third kappa shape index (κ3) is 3.27. The SMILES string of the molecule is Cc1cc(OCc2ccccc2)ncc1-c1cc(C(=O)O)nn1C. The van der Waals surface area contributed by atoms with E-state index in [-0.39, 0.29) is 5.69 Å². The molecular formula is C18H17N3O3. The summed E-state index contributed by atoms with van der Waals surface area (Å²) in [4.78, 5) is 15.4. The van der Waals surface area contributed by atoms with Crippen molar-refractivity contribution in [1.82, 2.24) is 14.8 Å². The zero-order valence-electron chi connectivity index (χ0n) is 13.4. The van der Waals surface area contributed by atoms with Crippen LogP contribution >= 0.6 is 0 Å². The normalized spacial score (nSPS) is 10.6. The number of hydrogen-bond acceptors (Lipinski definition) is 4. The van der Waals surface area contributed by atoms with Gasteiger partial charge in [-0.05, 0) is 24.1 Å². The standard InChI is InChI=1S/C18H17N3O3/c1-12-8-17(24-11-13-6-4-3-5-7-13)19-10-14(12)16-9-15(18(22)23)20-21(16)2/h3-10H,11H2,1-2H3,(H,22,23). The van der Waals surface area contributed by atoms with Crippen molar-refractivity contribution < 1.29 is 14.6 Å². The highest BCUT2D eigenvalue weighted by Crippen LogP contribution is 2.25. The lowest BCUT2D eigenvalue weighted by atomic mass is 10.1. The molecule has 0 aliphatic heterocycles. The van der Waals surface area contributed by atoms with Crippen molar-refractivity contribution in [3.8, 4) is 17.1 Å². The van der Waals surface area contributed by atoms with Crippen LogP contribution in [0.15, 0.2) is 48.7 Å².